The van der Waals surface area contributed by atoms with Crippen LogP contribution in [0.15, 0.2) is 30.3 Å². The first-order chi connectivity index (χ1) is 8.24. The molecule has 0 spiro atoms. The second-order valence-corrected chi connectivity index (χ2v) is 3.98. The number of benzene rings is 1. The van der Waals surface area contributed by atoms with Crippen molar-refractivity contribution < 1.29 is 9.53 Å². The number of carbonyl (C=O) groups is 1. The molecule has 0 atom stereocenters. The van der Waals surface area contributed by atoms with Gasteiger partial charge in [-0.05, 0) is 12.1 Å². The molecule has 17 heavy (non-hydrogen) atoms. The molecule has 1 aliphatic rings. The van der Waals surface area contributed by atoms with E-state index in [0.717, 1.165) is 19.5 Å². The van der Waals surface area contributed by atoms with Crippen LogP contribution in [0.5, 0.6) is 0 Å². The van der Waals surface area contributed by atoms with E-state index >= 15 is 0 Å². The minimum atomic E-state index is 0.693. The van der Waals surface area contributed by atoms with Crippen LogP contribution in [-0.4, -0.2) is 51.7 Å². The van der Waals surface area contributed by atoms with Crippen LogP contribution in [0.3, 0.4) is 0 Å². The van der Waals surface area contributed by atoms with E-state index in [2.05, 4.69) is 17.0 Å². The summed E-state index contributed by atoms with van der Waals surface area (Å²) in [5.74, 6) is 0. The van der Waals surface area contributed by atoms with Crippen molar-refractivity contribution >= 4 is 12.1 Å². The van der Waals surface area contributed by atoms with Crippen molar-refractivity contribution in [2.45, 2.75) is 0 Å². The zero-order chi connectivity index (χ0) is 12.5. The maximum atomic E-state index is 10.0. The van der Waals surface area contributed by atoms with Crippen LogP contribution in [0.4, 0.5) is 5.69 Å². The third-order valence-electron chi connectivity index (χ3n) is 2.47. The van der Waals surface area contributed by atoms with Crippen LogP contribution < -0.4 is 4.90 Å². The van der Waals surface area contributed by atoms with Gasteiger partial charge in [0.05, 0.1) is 13.2 Å². The predicted octanol–water partition coefficient (Wildman–Crippen LogP) is 1.23. The molecule has 94 valence electrons. The number of carbonyl (C=O) groups excluding carboxylic acids is 1. The highest BCUT2D eigenvalue weighted by atomic mass is 16.5. The topological polar surface area (TPSA) is 32.8 Å². The Morgan fingerprint density at radius 1 is 1.18 bits per heavy atom. The van der Waals surface area contributed by atoms with Gasteiger partial charge in [0, 0.05) is 32.9 Å². The van der Waals surface area contributed by atoms with Crippen LogP contribution in [0.1, 0.15) is 0 Å². The number of amides is 1. The summed E-state index contributed by atoms with van der Waals surface area (Å²) in [6, 6.07) is 10.3. The van der Waals surface area contributed by atoms with Gasteiger partial charge in [-0.25, -0.2) is 0 Å². The number of nitrogens with zero attached hydrogens (tertiary/aromatic N) is 2. The Hall–Kier alpha value is -1.55. The summed E-state index contributed by atoms with van der Waals surface area (Å²) in [7, 11) is 4.07. The average Bonchev–Trinajstić information content (AvgIpc) is 2.41. The highest BCUT2D eigenvalue weighted by molar-refractivity contribution is 5.47. The van der Waals surface area contributed by atoms with Gasteiger partial charge in [-0.15, -0.1) is 0 Å². The SMILES string of the molecule is CN(C)c1ccccc1.O=CN1CCOCC1. The van der Waals surface area contributed by atoms with Gasteiger partial charge in [-0.1, -0.05) is 18.2 Å². The molecule has 1 aromatic carbocycles. The second-order valence-electron chi connectivity index (χ2n) is 3.98. The van der Waals surface area contributed by atoms with Crippen molar-refractivity contribution in [2.24, 2.45) is 0 Å². The van der Waals surface area contributed by atoms with Gasteiger partial charge >= 0.3 is 0 Å². The summed E-state index contributed by atoms with van der Waals surface area (Å²) in [4.78, 5) is 13.8. The fourth-order valence-electron chi connectivity index (χ4n) is 1.41. The molecule has 1 fully saturated rings. The van der Waals surface area contributed by atoms with Gasteiger partial charge in [0.2, 0.25) is 6.41 Å². The summed E-state index contributed by atoms with van der Waals surface area (Å²) < 4.78 is 5.00. The number of morpholine rings is 1. The first kappa shape index (κ1) is 13.5. The first-order valence-electron chi connectivity index (χ1n) is 5.73. The van der Waals surface area contributed by atoms with Crippen molar-refractivity contribution in [3.63, 3.8) is 0 Å². The lowest BCUT2D eigenvalue weighted by atomic mass is 10.3. The fraction of sp³-hybridized carbons (Fsp3) is 0.462. The molecule has 0 unspecified atom stereocenters. The summed E-state index contributed by atoms with van der Waals surface area (Å²) in [5.41, 5.74) is 1.25. The molecule has 1 aliphatic heterocycles. The highest BCUT2D eigenvalue weighted by Crippen LogP contribution is 2.07. The Morgan fingerprint density at radius 3 is 2.12 bits per heavy atom. The van der Waals surface area contributed by atoms with Crippen molar-refractivity contribution in [1.82, 2.24) is 4.90 Å². The first-order valence-corrected chi connectivity index (χ1v) is 5.73. The van der Waals surface area contributed by atoms with E-state index in [1.807, 2.05) is 32.3 Å². The Morgan fingerprint density at radius 2 is 1.76 bits per heavy atom. The minimum absolute atomic E-state index is 0.693. The van der Waals surface area contributed by atoms with Gasteiger partial charge in [0.25, 0.3) is 0 Å². The molecule has 4 nitrogen and oxygen atoms in total. The van der Waals surface area contributed by atoms with Crippen molar-refractivity contribution in [1.29, 1.82) is 0 Å². The van der Waals surface area contributed by atoms with Crippen LogP contribution >= 0.6 is 0 Å². The summed E-state index contributed by atoms with van der Waals surface area (Å²) in [5, 5.41) is 0. The lowest BCUT2D eigenvalue weighted by Gasteiger charge is -2.21. The van der Waals surface area contributed by atoms with E-state index < -0.39 is 0 Å². The molecule has 4 heteroatoms. The second kappa shape index (κ2) is 7.68. The molecule has 0 aliphatic carbocycles. The fourth-order valence-corrected chi connectivity index (χ4v) is 1.41. The highest BCUT2D eigenvalue weighted by Gasteiger charge is 2.05. The molecule has 0 saturated carbocycles. The number of hydrogen-bond acceptors (Lipinski definition) is 3. The quantitative estimate of drug-likeness (QED) is 0.724. The smallest absolute Gasteiger partial charge is 0.209 e. The zero-order valence-corrected chi connectivity index (χ0v) is 10.5. The van der Waals surface area contributed by atoms with E-state index in [0.29, 0.717) is 13.2 Å². The minimum Gasteiger partial charge on any atom is -0.378 e. The van der Waals surface area contributed by atoms with Gasteiger partial charge < -0.3 is 14.5 Å². The number of ether oxygens (including phenoxy) is 1. The third kappa shape index (κ3) is 5.36. The standard InChI is InChI=1S/C8H11N.C5H9NO2/c1-9(2)8-6-4-3-5-7-8;7-5-6-1-3-8-4-2-6/h3-7H,1-2H3;5H,1-4H2. The Kier molecular flexibility index (Phi) is 6.10. The van der Waals surface area contributed by atoms with Gasteiger partial charge in [0.15, 0.2) is 0 Å². The van der Waals surface area contributed by atoms with Crippen molar-refractivity contribution in [3.8, 4) is 0 Å². The van der Waals surface area contributed by atoms with Crippen LogP contribution in [0, 0.1) is 0 Å². The molecule has 2 rings (SSSR count). The molecule has 1 aromatic rings. The molecule has 0 aromatic heterocycles. The zero-order valence-electron chi connectivity index (χ0n) is 10.5. The van der Waals surface area contributed by atoms with Crippen LogP contribution in [0.25, 0.3) is 0 Å². The number of anilines is 1. The van der Waals surface area contributed by atoms with Crippen molar-refractivity contribution in [2.75, 3.05) is 45.3 Å². The van der Waals surface area contributed by atoms with Crippen molar-refractivity contribution in [3.05, 3.63) is 30.3 Å². The maximum absolute atomic E-state index is 10.0. The molecule has 1 saturated heterocycles. The Labute approximate surface area is 103 Å². The summed E-state index contributed by atoms with van der Waals surface area (Å²) in [6.07, 6.45) is 0.864. The lowest BCUT2D eigenvalue weighted by Crippen LogP contribution is -2.34. The molecular weight excluding hydrogens is 216 g/mol. The van der Waals surface area contributed by atoms with Gasteiger partial charge in [0.1, 0.15) is 0 Å². The van der Waals surface area contributed by atoms with E-state index in [4.69, 9.17) is 4.74 Å². The lowest BCUT2D eigenvalue weighted by molar-refractivity contribution is -0.121. The van der Waals surface area contributed by atoms with E-state index in [1.54, 1.807) is 4.90 Å². The Bertz CT molecular complexity index is 308. The van der Waals surface area contributed by atoms with E-state index in [-0.39, 0.29) is 0 Å². The largest absolute Gasteiger partial charge is 0.378 e. The van der Waals surface area contributed by atoms with Crippen LogP contribution in [0.2, 0.25) is 0 Å². The van der Waals surface area contributed by atoms with E-state index in [9.17, 15) is 4.79 Å². The van der Waals surface area contributed by atoms with Gasteiger partial charge in [-0.3, -0.25) is 4.79 Å². The summed E-state index contributed by atoms with van der Waals surface area (Å²) >= 11 is 0. The number of rotatable bonds is 2. The molecule has 0 radical (unpaired) electrons. The Balaban J connectivity index is 0.000000171. The van der Waals surface area contributed by atoms with Crippen LogP contribution in [-0.2, 0) is 9.53 Å². The number of para-hydroxylation sites is 1. The van der Waals surface area contributed by atoms with Gasteiger partial charge in [-0.2, -0.15) is 0 Å². The molecule has 0 N–H and O–H groups in total. The average molecular weight is 236 g/mol. The molecule has 1 amide bonds. The normalized spacial score (nSPS) is 14.6. The predicted molar refractivity (Wildman–Crippen MR) is 69.2 cm³/mol. The molecule has 1 heterocycles. The monoisotopic (exact) mass is 236 g/mol. The number of hydrogen-bond donors (Lipinski definition) is 0. The maximum Gasteiger partial charge on any atom is 0.209 e. The molecule has 0 bridgehead atoms. The third-order valence-corrected chi connectivity index (χ3v) is 2.47. The van der Waals surface area contributed by atoms with E-state index in [1.165, 1.54) is 5.69 Å². The summed E-state index contributed by atoms with van der Waals surface area (Å²) in [6.45, 7) is 2.89. The molecular formula is C13H20N2O2.